The van der Waals surface area contributed by atoms with Crippen LogP contribution in [0.15, 0.2) is 42.6 Å². The molecular weight excluding hydrogens is 409 g/mol. The quantitative estimate of drug-likeness (QED) is 0.645. The van der Waals surface area contributed by atoms with Gasteiger partial charge in [-0.05, 0) is 50.1 Å². The summed E-state index contributed by atoms with van der Waals surface area (Å²) in [6.45, 7) is 2.87. The molecule has 7 nitrogen and oxygen atoms in total. The van der Waals surface area contributed by atoms with Gasteiger partial charge in [0, 0.05) is 30.9 Å². The summed E-state index contributed by atoms with van der Waals surface area (Å²) >= 11 is 0. The number of hydrogen-bond acceptors (Lipinski definition) is 5. The molecule has 1 aliphatic heterocycles. The molecule has 31 heavy (non-hydrogen) atoms. The molecule has 0 aliphatic carbocycles. The fourth-order valence-electron chi connectivity index (χ4n) is 3.67. The van der Waals surface area contributed by atoms with Gasteiger partial charge in [-0.3, -0.25) is 9.89 Å². The number of aryl methyl sites for hydroxylation is 1. The standard InChI is InChI=1S/C21H21F3N6O/c1-13-26-18(29-28-13)14-5-4-10-30(12-14)20(31)17-8-3-9-25-19(17)27-16-7-2-6-15(11-16)21(22,23)24/h2-3,6-9,11,14H,4-5,10,12H2,1H3,(H,25,27)(H,26,28,29). The molecule has 3 aromatic rings. The molecule has 1 aliphatic rings. The first kappa shape index (κ1) is 20.8. The van der Waals surface area contributed by atoms with Gasteiger partial charge in [0.05, 0.1) is 11.1 Å². The molecule has 0 spiro atoms. The van der Waals surface area contributed by atoms with Gasteiger partial charge in [-0.1, -0.05) is 6.07 Å². The van der Waals surface area contributed by atoms with Crippen molar-refractivity contribution >= 4 is 17.4 Å². The number of H-pyrrole nitrogens is 1. The highest BCUT2D eigenvalue weighted by atomic mass is 19.4. The minimum absolute atomic E-state index is 0.0270. The largest absolute Gasteiger partial charge is 0.416 e. The first-order chi connectivity index (χ1) is 14.8. The number of rotatable bonds is 4. The van der Waals surface area contributed by atoms with Crippen molar-refractivity contribution < 1.29 is 18.0 Å². The van der Waals surface area contributed by atoms with Gasteiger partial charge in [0.1, 0.15) is 11.6 Å². The van der Waals surface area contributed by atoms with Crippen molar-refractivity contribution in [3.05, 3.63) is 65.4 Å². The van der Waals surface area contributed by atoms with Gasteiger partial charge >= 0.3 is 6.18 Å². The topological polar surface area (TPSA) is 86.8 Å². The van der Waals surface area contributed by atoms with Gasteiger partial charge in [-0.25, -0.2) is 9.97 Å². The third-order valence-electron chi connectivity index (χ3n) is 5.18. The molecule has 0 saturated carbocycles. The van der Waals surface area contributed by atoms with Crippen molar-refractivity contribution in [3.8, 4) is 0 Å². The van der Waals surface area contributed by atoms with Gasteiger partial charge in [-0.2, -0.15) is 18.3 Å². The van der Waals surface area contributed by atoms with E-state index in [0.29, 0.717) is 24.5 Å². The van der Waals surface area contributed by atoms with E-state index in [-0.39, 0.29) is 23.3 Å². The van der Waals surface area contributed by atoms with Crippen LogP contribution < -0.4 is 5.32 Å². The number of halogens is 3. The maximum absolute atomic E-state index is 13.2. The zero-order valence-electron chi connectivity index (χ0n) is 16.8. The molecule has 1 unspecified atom stereocenters. The Morgan fingerprint density at radius 3 is 2.84 bits per heavy atom. The number of hydrogen-bond donors (Lipinski definition) is 2. The van der Waals surface area contributed by atoms with Crippen LogP contribution in [0.2, 0.25) is 0 Å². The minimum atomic E-state index is -4.46. The Bertz CT molecular complexity index is 1080. The Morgan fingerprint density at radius 2 is 2.10 bits per heavy atom. The molecule has 1 saturated heterocycles. The number of benzene rings is 1. The molecule has 1 amide bonds. The third-order valence-corrected chi connectivity index (χ3v) is 5.18. The number of anilines is 2. The number of nitrogens with zero attached hydrogens (tertiary/aromatic N) is 4. The van der Waals surface area contributed by atoms with Gasteiger partial charge in [0.25, 0.3) is 5.91 Å². The highest BCUT2D eigenvalue weighted by Gasteiger charge is 2.31. The Hall–Kier alpha value is -3.43. The molecule has 1 atom stereocenters. The van der Waals surface area contributed by atoms with E-state index in [9.17, 15) is 18.0 Å². The summed E-state index contributed by atoms with van der Waals surface area (Å²) in [6.07, 6.45) is -1.28. The Kier molecular flexibility index (Phi) is 5.62. The average molecular weight is 430 g/mol. The van der Waals surface area contributed by atoms with Crippen LogP contribution in [0.4, 0.5) is 24.7 Å². The van der Waals surface area contributed by atoms with Crippen LogP contribution in [-0.4, -0.2) is 44.1 Å². The molecule has 2 aromatic heterocycles. The van der Waals surface area contributed by atoms with E-state index in [1.54, 1.807) is 17.0 Å². The second-order valence-corrected chi connectivity index (χ2v) is 7.47. The van der Waals surface area contributed by atoms with E-state index in [0.717, 1.165) is 30.8 Å². The van der Waals surface area contributed by atoms with Crippen molar-refractivity contribution in [3.63, 3.8) is 0 Å². The van der Waals surface area contributed by atoms with Gasteiger partial charge in [-0.15, -0.1) is 0 Å². The second-order valence-electron chi connectivity index (χ2n) is 7.47. The Balaban J connectivity index is 1.55. The minimum Gasteiger partial charge on any atom is -0.340 e. The molecule has 0 bridgehead atoms. The van der Waals surface area contributed by atoms with Crippen molar-refractivity contribution in [1.29, 1.82) is 0 Å². The van der Waals surface area contributed by atoms with Crippen LogP contribution in [0.1, 0.15) is 46.3 Å². The fourth-order valence-corrected chi connectivity index (χ4v) is 3.67. The SMILES string of the molecule is Cc1nc(C2CCCN(C(=O)c3cccnc3Nc3cccc(C(F)(F)F)c3)C2)n[nH]1. The summed E-state index contributed by atoms with van der Waals surface area (Å²) in [5.41, 5.74) is -0.274. The number of carbonyl (C=O) groups is 1. The maximum Gasteiger partial charge on any atom is 0.416 e. The number of likely N-dealkylation sites (tertiary alicyclic amines) is 1. The smallest absolute Gasteiger partial charge is 0.340 e. The van der Waals surface area contributed by atoms with Gasteiger partial charge < -0.3 is 10.2 Å². The van der Waals surface area contributed by atoms with Crippen molar-refractivity contribution in [1.82, 2.24) is 25.1 Å². The monoisotopic (exact) mass is 430 g/mol. The third kappa shape index (κ3) is 4.68. The zero-order chi connectivity index (χ0) is 22.0. The van der Waals surface area contributed by atoms with Crippen molar-refractivity contribution in [2.24, 2.45) is 0 Å². The molecule has 4 rings (SSSR count). The van der Waals surface area contributed by atoms with Crippen molar-refractivity contribution in [2.75, 3.05) is 18.4 Å². The molecule has 3 heterocycles. The molecule has 1 aromatic carbocycles. The summed E-state index contributed by atoms with van der Waals surface area (Å²) < 4.78 is 39.1. The van der Waals surface area contributed by atoms with Crippen LogP contribution in [0.25, 0.3) is 0 Å². The van der Waals surface area contributed by atoms with Crippen LogP contribution >= 0.6 is 0 Å². The van der Waals surface area contributed by atoms with Crippen molar-refractivity contribution in [2.45, 2.75) is 31.9 Å². The van der Waals surface area contributed by atoms with Crippen LogP contribution in [-0.2, 0) is 6.18 Å². The Morgan fingerprint density at radius 1 is 1.26 bits per heavy atom. The first-order valence-corrected chi connectivity index (χ1v) is 9.89. The lowest BCUT2D eigenvalue weighted by molar-refractivity contribution is -0.137. The number of pyridine rings is 1. The predicted octanol–water partition coefficient (Wildman–Crippen LogP) is 4.29. The Labute approximate surface area is 176 Å². The maximum atomic E-state index is 13.2. The molecule has 1 fully saturated rings. The predicted molar refractivity (Wildman–Crippen MR) is 108 cm³/mol. The van der Waals surface area contributed by atoms with E-state index in [1.165, 1.54) is 18.3 Å². The lowest BCUT2D eigenvalue weighted by Crippen LogP contribution is -2.39. The number of carbonyl (C=O) groups excluding carboxylic acids is 1. The second kappa shape index (κ2) is 8.37. The number of nitrogens with one attached hydrogen (secondary N) is 2. The summed E-state index contributed by atoms with van der Waals surface area (Å²) in [4.78, 5) is 23.5. The average Bonchev–Trinajstić information content (AvgIpc) is 3.20. The highest BCUT2D eigenvalue weighted by molar-refractivity contribution is 5.99. The molecule has 10 heteroatoms. The van der Waals surface area contributed by atoms with E-state index >= 15 is 0 Å². The van der Waals surface area contributed by atoms with E-state index in [4.69, 9.17) is 0 Å². The molecule has 162 valence electrons. The number of alkyl halides is 3. The van der Waals surface area contributed by atoms with E-state index in [1.807, 2.05) is 6.92 Å². The summed E-state index contributed by atoms with van der Waals surface area (Å²) in [7, 11) is 0. The highest BCUT2D eigenvalue weighted by Crippen LogP contribution is 2.32. The molecule has 0 radical (unpaired) electrons. The van der Waals surface area contributed by atoms with Crippen LogP contribution in [0, 0.1) is 6.92 Å². The summed E-state index contributed by atoms with van der Waals surface area (Å²) in [5.74, 6) is 1.41. The van der Waals surface area contributed by atoms with Gasteiger partial charge in [0.15, 0.2) is 5.82 Å². The first-order valence-electron chi connectivity index (χ1n) is 9.89. The van der Waals surface area contributed by atoms with E-state index in [2.05, 4.69) is 25.5 Å². The molecular formula is C21H21F3N6O. The normalized spacial score (nSPS) is 16.9. The lowest BCUT2D eigenvalue weighted by Gasteiger charge is -2.31. The zero-order valence-corrected chi connectivity index (χ0v) is 16.8. The summed E-state index contributed by atoms with van der Waals surface area (Å²) in [5, 5.41) is 9.91. The lowest BCUT2D eigenvalue weighted by atomic mass is 9.96. The number of aromatic amines is 1. The van der Waals surface area contributed by atoms with Crippen LogP contribution in [0.5, 0.6) is 0 Å². The summed E-state index contributed by atoms with van der Waals surface area (Å²) in [6, 6.07) is 8.04. The fraction of sp³-hybridized carbons (Fsp3) is 0.333. The number of piperidine rings is 1. The van der Waals surface area contributed by atoms with Crippen LogP contribution in [0.3, 0.4) is 0 Å². The van der Waals surface area contributed by atoms with E-state index < -0.39 is 11.7 Å². The van der Waals surface area contributed by atoms with Gasteiger partial charge in [0.2, 0.25) is 0 Å². The number of aromatic nitrogens is 4. The number of amides is 1. The molecule has 2 N–H and O–H groups in total.